The molecule has 0 fully saturated rings. The Labute approximate surface area is 173 Å². The number of esters is 1. The Kier molecular flexibility index (Phi) is 8.14. The molecule has 7 heteroatoms. The highest BCUT2D eigenvalue weighted by molar-refractivity contribution is 9.10. The maximum atomic E-state index is 12.4. The highest BCUT2D eigenvalue weighted by Gasteiger charge is 2.18. The number of hydrogen-bond acceptors (Lipinski definition) is 5. The first kappa shape index (κ1) is 22.0. The summed E-state index contributed by atoms with van der Waals surface area (Å²) < 4.78 is 13.0. The van der Waals surface area contributed by atoms with Crippen molar-refractivity contribution in [3.05, 3.63) is 57.3 Å². The summed E-state index contributed by atoms with van der Waals surface area (Å²) in [5.74, 6) is -0.964. The minimum Gasteiger partial charge on any atom is -0.457 e. The van der Waals surface area contributed by atoms with Crippen molar-refractivity contribution in [2.45, 2.75) is 33.2 Å². The van der Waals surface area contributed by atoms with Gasteiger partial charge in [0.15, 0.2) is 12.4 Å². The molecule has 0 amide bonds. The van der Waals surface area contributed by atoms with Gasteiger partial charge in [0, 0.05) is 47.1 Å². The fourth-order valence-corrected chi connectivity index (χ4v) is 3.17. The smallest absolute Gasteiger partial charge is 0.306 e. The van der Waals surface area contributed by atoms with Crippen LogP contribution in [-0.4, -0.2) is 42.4 Å². The molecule has 6 nitrogen and oxygen atoms in total. The van der Waals surface area contributed by atoms with Crippen LogP contribution in [-0.2, 0) is 20.8 Å². The first-order valence-electron chi connectivity index (χ1n) is 8.96. The Morgan fingerprint density at radius 1 is 1.04 bits per heavy atom. The highest BCUT2D eigenvalue weighted by atomic mass is 79.9. The number of nitrogens with zero attached hydrogens (tertiary/aromatic N) is 1. The topological polar surface area (TPSA) is 74.6 Å². The van der Waals surface area contributed by atoms with E-state index in [0.29, 0.717) is 24.3 Å². The number of ether oxygens (including phenoxy) is 2. The number of hydrogen-bond donors (Lipinski definition) is 0. The van der Waals surface area contributed by atoms with Crippen LogP contribution < -0.4 is 0 Å². The van der Waals surface area contributed by atoms with Crippen LogP contribution in [0.4, 0.5) is 0 Å². The molecule has 0 aliphatic heterocycles. The lowest BCUT2D eigenvalue weighted by Crippen LogP contribution is -2.16. The second kappa shape index (κ2) is 10.3. The molecule has 0 saturated heterocycles. The van der Waals surface area contributed by atoms with E-state index in [1.807, 2.05) is 18.4 Å². The molecular weight excluding hydrogens is 426 g/mol. The average Bonchev–Trinajstić information content (AvgIpc) is 2.96. The van der Waals surface area contributed by atoms with Crippen molar-refractivity contribution in [1.82, 2.24) is 4.57 Å². The van der Waals surface area contributed by atoms with Gasteiger partial charge in [0.05, 0.1) is 13.0 Å². The zero-order valence-corrected chi connectivity index (χ0v) is 17.9. The maximum absolute atomic E-state index is 12.4. The van der Waals surface area contributed by atoms with Gasteiger partial charge in [-0.05, 0) is 32.0 Å². The molecule has 1 aromatic heterocycles. The van der Waals surface area contributed by atoms with Crippen LogP contribution in [0.2, 0.25) is 0 Å². The number of benzene rings is 1. The van der Waals surface area contributed by atoms with Gasteiger partial charge < -0.3 is 14.0 Å². The largest absolute Gasteiger partial charge is 0.457 e. The SMILES string of the molecule is COCCn1c(C)cc(C(=O)COC(=O)CCC(=O)c2ccc(Br)cc2)c1C. The number of carbonyl (C=O) groups is 3. The van der Waals surface area contributed by atoms with Gasteiger partial charge >= 0.3 is 5.97 Å². The number of rotatable bonds is 10. The Bertz CT molecular complexity index is 854. The summed E-state index contributed by atoms with van der Waals surface area (Å²) in [6.45, 7) is 4.64. The van der Waals surface area contributed by atoms with Crippen molar-refractivity contribution >= 4 is 33.5 Å². The van der Waals surface area contributed by atoms with Gasteiger partial charge in [-0.15, -0.1) is 0 Å². The Morgan fingerprint density at radius 3 is 2.36 bits per heavy atom. The normalized spacial score (nSPS) is 10.7. The van der Waals surface area contributed by atoms with Crippen LogP contribution in [0.25, 0.3) is 0 Å². The second-order valence-electron chi connectivity index (χ2n) is 6.44. The van der Waals surface area contributed by atoms with E-state index in [0.717, 1.165) is 15.9 Å². The summed E-state index contributed by atoms with van der Waals surface area (Å²) >= 11 is 3.31. The molecule has 0 unspecified atom stereocenters. The maximum Gasteiger partial charge on any atom is 0.306 e. The summed E-state index contributed by atoms with van der Waals surface area (Å²) in [7, 11) is 1.63. The average molecular weight is 450 g/mol. The van der Waals surface area contributed by atoms with Crippen molar-refractivity contribution in [3.8, 4) is 0 Å². The number of aryl methyl sites for hydroxylation is 1. The lowest BCUT2D eigenvalue weighted by Gasteiger charge is -2.09. The molecule has 28 heavy (non-hydrogen) atoms. The fourth-order valence-electron chi connectivity index (χ4n) is 2.90. The van der Waals surface area contributed by atoms with Crippen molar-refractivity contribution in [1.29, 1.82) is 0 Å². The summed E-state index contributed by atoms with van der Waals surface area (Å²) in [4.78, 5) is 36.4. The first-order valence-corrected chi connectivity index (χ1v) is 9.76. The number of aromatic nitrogens is 1. The predicted octanol–water partition coefficient (Wildman–Crippen LogP) is 3.90. The third-order valence-corrected chi connectivity index (χ3v) is 5.01. The molecule has 150 valence electrons. The fraction of sp³-hybridized carbons (Fsp3) is 0.381. The van der Waals surface area contributed by atoms with Gasteiger partial charge in [-0.1, -0.05) is 28.1 Å². The van der Waals surface area contributed by atoms with E-state index in [1.165, 1.54) is 0 Å². The van der Waals surface area contributed by atoms with Gasteiger partial charge in [0.2, 0.25) is 5.78 Å². The molecule has 2 aromatic rings. The monoisotopic (exact) mass is 449 g/mol. The van der Waals surface area contributed by atoms with E-state index < -0.39 is 5.97 Å². The zero-order chi connectivity index (χ0) is 20.7. The van der Waals surface area contributed by atoms with Gasteiger partial charge in [-0.3, -0.25) is 14.4 Å². The van der Waals surface area contributed by atoms with E-state index in [-0.39, 0.29) is 31.0 Å². The summed E-state index contributed by atoms with van der Waals surface area (Å²) in [6, 6.07) is 8.72. The van der Waals surface area contributed by atoms with Crippen LogP contribution >= 0.6 is 15.9 Å². The van der Waals surface area contributed by atoms with E-state index in [2.05, 4.69) is 15.9 Å². The van der Waals surface area contributed by atoms with Crippen LogP contribution in [0, 0.1) is 13.8 Å². The molecule has 0 atom stereocenters. The number of ketones is 2. The molecule has 2 rings (SSSR count). The second-order valence-corrected chi connectivity index (χ2v) is 7.36. The molecule has 0 aliphatic carbocycles. The van der Waals surface area contributed by atoms with E-state index >= 15 is 0 Å². The Morgan fingerprint density at radius 2 is 1.71 bits per heavy atom. The van der Waals surface area contributed by atoms with Crippen LogP contribution in [0.1, 0.15) is 44.9 Å². The molecule has 0 bridgehead atoms. The molecule has 0 N–H and O–H groups in total. The first-order chi connectivity index (χ1) is 13.3. The molecule has 1 aromatic carbocycles. The highest BCUT2D eigenvalue weighted by Crippen LogP contribution is 2.16. The minimum atomic E-state index is -0.563. The zero-order valence-electron chi connectivity index (χ0n) is 16.3. The van der Waals surface area contributed by atoms with E-state index in [4.69, 9.17) is 9.47 Å². The lowest BCUT2D eigenvalue weighted by molar-refractivity contribution is -0.142. The lowest BCUT2D eigenvalue weighted by atomic mass is 10.1. The third kappa shape index (κ3) is 5.87. The third-order valence-electron chi connectivity index (χ3n) is 4.48. The standard InChI is InChI=1S/C21H24BrNO5/c1-14-12-18(15(2)23(14)10-11-27-3)20(25)13-28-21(26)9-8-19(24)16-4-6-17(22)7-5-16/h4-7,12H,8-11,13H2,1-3H3. The molecule has 0 spiro atoms. The molecule has 0 aliphatic rings. The molecular formula is C21H24BrNO5. The van der Waals surface area contributed by atoms with Crippen molar-refractivity contribution in [2.24, 2.45) is 0 Å². The van der Waals surface area contributed by atoms with Crippen molar-refractivity contribution < 1.29 is 23.9 Å². The number of carbonyl (C=O) groups excluding carboxylic acids is 3. The van der Waals surface area contributed by atoms with Crippen LogP contribution in [0.3, 0.4) is 0 Å². The van der Waals surface area contributed by atoms with Crippen LogP contribution in [0.15, 0.2) is 34.8 Å². The Balaban J connectivity index is 1.84. The van der Waals surface area contributed by atoms with Gasteiger partial charge in [-0.2, -0.15) is 0 Å². The Hall–Kier alpha value is -2.25. The van der Waals surface area contributed by atoms with Gasteiger partial charge in [0.1, 0.15) is 0 Å². The predicted molar refractivity (Wildman–Crippen MR) is 109 cm³/mol. The van der Waals surface area contributed by atoms with Crippen molar-refractivity contribution in [3.63, 3.8) is 0 Å². The van der Waals surface area contributed by atoms with E-state index in [1.54, 1.807) is 37.4 Å². The summed E-state index contributed by atoms with van der Waals surface area (Å²) in [6.07, 6.45) is -0.0186. The molecule has 0 saturated carbocycles. The minimum absolute atomic E-state index is 0.0419. The van der Waals surface area contributed by atoms with E-state index in [9.17, 15) is 14.4 Å². The molecule has 0 radical (unpaired) electrons. The number of Topliss-reactive ketones (excluding diaryl/α,β-unsaturated/α-hetero) is 2. The number of methoxy groups -OCH3 is 1. The summed E-state index contributed by atoms with van der Waals surface area (Å²) in [5.41, 5.74) is 2.84. The number of halogens is 1. The quantitative estimate of drug-likeness (QED) is 0.406. The molecule has 1 heterocycles. The van der Waals surface area contributed by atoms with Crippen molar-refractivity contribution in [2.75, 3.05) is 20.3 Å². The van der Waals surface area contributed by atoms with Gasteiger partial charge in [-0.25, -0.2) is 0 Å². The summed E-state index contributed by atoms with van der Waals surface area (Å²) in [5, 5.41) is 0. The van der Waals surface area contributed by atoms with Crippen LogP contribution in [0.5, 0.6) is 0 Å². The van der Waals surface area contributed by atoms with Gasteiger partial charge in [0.25, 0.3) is 0 Å².